The molecule has 1 atom stereocenters. The molecule has 8 heteroatoms. The molecule has 0 fully saturated rings. The predicted octanol–water partition coefficient (Wildman–Crippen LogP) is 6.90. The van der Waals surface area contributed by atoms with Gasteiger partial charge >= 0.3 is 0 Å². The largest absolute Gasteiger partial charge is 0.494 e. The van der Waals surface area contributed by atoms with Crippen LogP contribution in [0.5, 0.6) is 17.2 Å². The van der Waals surface area contributed by atoms with Crippen LogP contribution in [0.1, 0.15) is 61.8 Å². The van der Waals surface area contributed by atoms with E-state index in [-0.39, 0.29) is 22.3 Å². The second-order valence-electron chi connectivity index (χ2n) is 9.99. The quantitative estimate of drug-likeness (QED) is 0.216. The zero-order valence-electron chi connectivity index (χ0n) is 23.0. The lowest BCUT2D eigenvalue weighted by Gasteiger charge is -2.26. The first-order valence-corrected chi connectivity index (χ1v) is 13.5. The molecule has 0 saturated heterocycles. The number of carbonyl (C=O) groups excluding carboxylic acids is 1. The van der Waals surface area contributed by atoms with Crippen LogP contribution in [-0.2, 0) is 0 Å². The predicted molar refractivity (Wildman–Crippen MR) is 151 cm³/mol. The van der Waals surface area contributed by atoms with Crippen molar-refractivity contribution >= 4 is 22.6 Å². The fourth-order valence-corrected chi connectivity index (χ4v) is 4.88. The van der Waals surface area contributed by atoms with Crippen LogP contribution in [0.15, 0.2) is 69.9 Å². The Balaban J connectivity index is 1.67. The number of benzene rings is 3. The SMILES string of the molecule is CCOc1ccc(N2C(=O)c3oc4ccc(F)cc4c(=O)c3C2c2ccc(OCCC(C)C)c(OCC)c2)cc1. The third-order valence-corrected chi connectivity index (χ3v) is 6.79. The molecule has 0 saturated carbocycles. The van der Waals surface area contributed by atoms with Gasteiger partial charge < -0.3 is 18.6 Å². The highest BCUT2D eigenvalue weighted by Crippen LogP contribution is 2.43. The van der Waals surface area contributed by atoms with Gasteiger partial charge in [-0.3, -0.25) is 14.5 Å². The van der Waals surface area contributed by atoms with Crippen molar-refractivity contribution < 1.29 is 27.8 Å². The summed E-state index contributed by atoms with van der Waals surface area (Å²) in [6.45, 7) is 9.45. The highest BCUT2D eigenvalue weighted by Gasteiger charge is 2.44. The zero-order valence-corrected chi connectivity index (χ0v) is 23.0. The summed E-state index contributed by atoms with van der Waals surface area (Å²) < 4.78 is 37.6. The lowest BCUT2D eigenvalue weighted by Crippen LogP contribution is -2.29. The van der Waals surface area contributed by atoms with Crippen molar-refractivity contribution in [2.24, 2.45) is 5.92 Å². The van der Waals surface area contributed by atoms with Crippen molar-refractivity contribution in [1.29, 1.82) is 0 Å². The number of anilines is 1. The summed E-state index contributed by atoms with van der Waals surface area (Å²) >= 11 is 0. The number of halogens is 1. The fourth-order valence-electron chi connectivity index (χ4n) is 4.88. The van der Waals surface area contributed by atoms with Crippen LogP contribution >= 0.6 is 0 Å². The molecule has 1 aromatic heterocycles. The molecule has 208 valence electrons. The van der Waals surface area contributed by atoms with Crippen LogP contribution in [-0.4, -0.2) is 25.7 Å². The summed E-state index contributed by atoms with van der Waals surface area (Å²) in [5.41, 5.74) is 1.01. The van der Waals surface area contributed by atoms with Crippen molar-refractivity contribution in [3.63, 3.8) is 0 Å². The summed E-state index contributed by atoms with van der Waals surface area (Å²) in [7, 11) is 0. The van der Waals surface area contributed by atoms with Gasteiger partial charge in [0, 0.05) is 5.69 Å². The average molecular weight is 546 g/mol. The maximum absolute atomic E-state index is 14.1. The molecule has 0 N–H and O–H groups in total. The number of ether oxygens (including phenoxy) is 3. The van der Waals surface area contributed by atoms with Gasteiger partial charge in [-0.25, -0.2) is 4.39 Å². The second-order valence-corrected chi connectivity index (χ2v) is 9.99. The van der Waals surface area contributed by atoms with Gasteiger partial charge in [-0.05, 0) is 86.3 Å². The van der Waals surface area contributed by atoms with Crippen LogP contribution in [0.3, 0.4) is 0 Å². The molecular weight excluding hydrogens is 513 g/mol. The van der Waals surface area contributed by atoms with Crippen molar-refractivity contribution in [2.45, 2.75) is 40.2 Å². The van der Waals surface area contributed by atoms with Crippen molar-refractivity contribution in [1.82, 2.24) is 0 Å². The van der Waals surface area contributed by atoms with Gasteiger partial charge in [0.2, 0.25) is 5.76 Å². The molecule has 0 spiro atoms. The Hall–Kier alpha value is -4.33. The number of nitrogens with zero attached hydrogens (tertiary/aromatic N) is 1. The first kappa shape index (κ1) is 27.2. The van der Waals surface area contributed by atoms with Crippen LogP contribution < -0.4 is 24.5 Å². The smallest absolute Gasteiger partial charge is 0.295 e. The van der Waals surface area contributed by atoms with Gasteiger partial charge in [0.1, 0.15) is 17.1 Å². The van der Waals surface area contributed by atoms with Gasteiger partial charge in [0.15, 0.2) is 16.9 Å². The molecule has 1 aliphatic heterocycles. The molecule has 3 aromatic carbocycles. The van der Waals surface area contributed by atoms with E-state index in [0.29, 0.717) is 54.2 Å². The number of carbonyl (C=O) groups is 1. The number of amides is 1. The third kappa shape index (κ3) is 5.13. The van der Waals surface area contributed by atoms with E-state index in [1.165, 1.54) is 17.0 Å². The summed E-state index contributed by atoms with van der Waals surface area (Å²) in [4.78, 5) is 29.2. The molecule has 0 radical (unpaired) electrons. The van der Waals surface area contributed by atoms with E-state index in [9.17, 15) is 14.0 Å². The minimum Gasteiger partial charge on any atom is -0.494 e. The highest BCUT2D eigenvalue weighted by molar-refractivity contribution is 6.10. The monoisotopic (exact) mass is 545 g/mol. The number of rotatable bonds is 10. The molecule has 1 unspecified atom stereocenters. The Kier molecular flexibility index (Phi) is 7.78. The maximum Gasteiger partial charge on any atom is 0.295 e. The molecule has 0 aliphatic carbocycles. The Morgan fingerprint density at radius 1 is 0.900 bits per heavy atom. The summed E-state index contributed by atoms with van der Waals surface area (Å²) in [6, 6.07) is 15.3. The van der Waals surface area contributed by atoms with E-state index >= 15 is 0 Å². The van der Waals surface area contributed by atoms with Crippen LogP contribution in [0.25, 0.3) is 11.0 Å². The standard InChI is InChI=1S/C32H32FNO6/c1-5-37-23-11-9-22(10-12-23)34-29(20-7-13-26(27(17-20)38-6-2)39-16-15-19(3)4)28-30(35)24-18-21(33)8-14-25(24)40-31(28)32(34)36/h7-14,17-19,29H,5-6,15-16H2,1-4H3. The second kappa shape index (κ2) is 11.4. The Labute approximate surface area is 232 Å². The highest BCUT2D eigenvalue weighted by atomic mass is 19.1. The zero-order chi connectivity index (χ0) is 28.4. The summed E-state index contributed by atoms with van der Waals surface area (Å²) in [5.74, 6) is 1.12. The van der Waals surface area contributed by atoms with E-state index in [1.54, 1.807) is 36.4 Å². The normalized spacial score (nSPS) is 14.6. The first-order chi connectivity index (χ1) is 19.3. The molecule has 7 nitrogen and oxygen atoms in total. The summed E-state index contributed by atoms with van der Waals surface area (Å²) in [5, 5.41) is 0.0729. The Morgan fingerprint density at radius 3 is 2.35 bits per heavy atom. The topological polar surface area (TPSA) is 78.2 Å². The molecule has 1 aliphatic rings. The van der Waals surface area contributed by atoms with Crippen LogP contribution in [0.2, 0.25) is 0 Å². The van der Waals surface area contributed by atoms with Gasteiger partial charge in [0.05, 0.1) is 36.8 Å². The molecule has 1 amide bonds. The van der Waals surface area contributed by atoms with Crippen LogP contribution in [0.4, 0.5) is 10.1 Å². The van der Waals surface area contributed by atoms with E-state index in [4.69, 9.17) is 18.6 Å². The van der Waals surface area contributed by atoms with E-state index in [2.05, 4.69) is 13.8 Å². The van der Waals surface area contributed by atoms with Gasteiger partial charge in [-0.2, -0.15) is 0 Å². The Morgan fingerprint density at radius 2 is 1.65 bits per heavy atom. The number of hydrogen-bond donors (Lipinski definition) is 0. The van der Waals surface area contributed by atoms with E-state index in [1.807, 2.05) is 19.9 Å². The maximum atomic E-state index is 14.1. The molecule has 40 heavy (non-hydrogen) atoms. The lowest BCUT2D eigenvalue weighted by atomic mass is 9.97. The van der Waals surface area contributed by atoms with Crippen molar-refractivity contribution in [3.05, 3.63) is 93.6 Å². The molecule has 0 bridgehead atoms. The molecular formula is C32H32FNO6. The van der Waals surface area contributed by atoms with Gasteiger partial charge in [0.25, 0.3) is 5.91 Å². The van der Waals surface area contributed by atoms with E-state index < -0.39 is 23.2 Å². The number of fused-ring (bicyclic) bond motifs is 2. The van der Waals surface area contributed by atoms with Crippen molar-refractivity contribution in [3.8, 4) is 17.2 Å². The third-order valence-electron chi connectivity index (χ3n) is 6.79. The van der Waals surface area contributed by atoms with E-state index in [0.717, 1.165) is 12.5 Å². The summed E-state index contributed by atoms with van der Waals surface area (Å²) in [6.07, 6.45) is 0.883. The average Bonchev–Trinajstić information content (AvgIpc) is 3.23. The first-order valence-electron chi connectivity index (χ1n) is 13.5. The van der Waals surface area contributed by atoms with Gasteiger partial charge in [-0.15, -0.1) is 0 Å². The minimum absolute atomic E-state index is 0.0711. The fraction of sp³-hybridized carbons (Fsp3) is 0.312. The van der Waals surface area contributed by atoms with Crippen molar-refractivity contribution in [2.75, 3.05) is 24.7 Å². The Bertz CT molecular complexity index is 1590. The minimum atomic E-state index is -0.840. The number of hydrogen-bond acceptors (Lipinski definition) is 6. The molecule has 2 heterocycles. The molecule has 4 aromatic rings. The van der Waals surface area contributed by atoms with Gasteiger partial charge in [-0.1, -0.05) is 19.9 Å². The van der Waals surface area contributed by atoms with Crippen LogP contribution in [0, 0.1) is 11.7 Å². The lowest BCUT2D eigenvalue weighted by molar-refractivity contribution is 0.0971. The molecule has 5 rings (SSSR count).